The maximum atomic E-state index is 14.2. The van der Waals surface area contributed by atoms with Crippen LogP contribution < -0.4 is 5.32 Å². The molecule has 2 fully saturated rings. The average molecular weight is 616 g/mol. The van der Waals surface area contributed by atoms with Crippen molar-refractivity contribution in [1.29, 1.82) is 0 Å². The minimum atomic E-state index is -6.31. The fourth-order valence-corrected chi connectivity index (χ4v) is 5.88. The van der Waals surface area contributed by atoms with Gasteiger partial charge in [-0.25, -0.2) is 13.8 Å². The van der Waals surface area contributed by atoms with Crippen LogP contribution in [0.3, 0.4) is 0 Å². The molecular formula is C25H25F8N3O4S. The fourth-order valence-electron chi connectivity index (χ4n) is 4.86. The Morgan fingerprint density at radius 3 is 2.27 bits per heavy atom. The predicted octanol–water partition coefficient (Wildman–Crippen LogP) is 5.33. The first-order valence-corrected chi connectivity index (χ1v) is 13.3. The highest BCUT2D eigenvalue weighted by molar-refractivity contribution is 7.17. The minimum Gasteiger partial charge on any atom is -0.388 e. The van der Waals surface area contributed by atoms with Crippen molar-refractivity contribution < 1.29 is 54.9 Å². The zero-order valence-electron chi connectivity index (χ0n) is 21.4. The molecule has 3 N–H and O–H groups in total. The Morgan fingerprint density at radius 1 is 1.15 bits per heavy atom. The van der Waals surface area contributed by atoms with E-state index in [1.54, 1.807) is 6.92 Å². The fraction of sp³-hybridized carbons (Fsp3) is 0.560. The van der Waals surface area contributed by atoms with E-state index in [-0.39, 0.29) is 41.1 Å². The molecule has 2 aromatic rings. The van der Waals surface area contributed by atoms with Gasteiger partial charge in [-0.2, -0.15) is 26.3 Å². The topological polar surface area (TPSA) is 103 Å². The van der Waals surface area contributed by atoms with E-state index in [2.05, 4.69) is 10.3 Å². The summed E-state index contributed by atoms with van der Waals surface area (Å²) >= 11 is 0.449. The zero-order chi connectivity index (χ0) is 30.5. The molecule has 41 heavy (non-hydrogen) atoms. The highest BCUT2D eigenvalue weighted by atomic mass is 32.1. The van der Waals surface area contributed by atoms with Crippen LogP contribution in [0.15, 0.2) is 18.2 Å². The molecule has 2 aliphatic rings. The molecule has 1 aromatic heterocycles. The van der Waals surface area contributed by atoms with Gasteiger partial charge in [0.15, 0.2) is 5.01 Å². The number of carbonyl (C=O) groups is 2. The number of aromatic nitrogens is 1. The summed E-state index contributed by atoms with van der Waals surface area (Å²) < 4.78 is 109. The normalized spacial score (nSPS) is 19.4. The Morgan fingerprint density at radius 2 is 1.78 bits per heavy atom. The Hall–Kier alpha value is -2.85. The molecule has 1 atom stereocenters. The summed E-state index contributed by atoms with van der Waals surface area (Å²) in [6.07, 6.45) is -13.4. The monoisotopic (exact) mass is 615 g/mol. The second-order valence-corrected chi connectivity index (χ2v) is 11.3. The number of hydrogen-bond donors (Lipinski definition) is 3. The number of nitrogens with zero attached hydrogens (tertiary/aromatic N) is 2. The first-order valence-electron chi connectivity index (χ1n) is 12.5. The third kappa shape index (κ3) is 5.65. The van der Waals surface area contributed by atoms with Crippen molar-refractivity contribution >= 4 is 23.2 Å². The van der Waals surface area contributed by atoms with Gasteiger partial charge < -0.3 is 20.4 Å². The predicted molar refractivity (Wildman–Crippen MR) is 129 cm³/mol. The van der Waals surface area contributed by atoms with E-state index >= 15 is 0 Å². The van der Waals surface area contributed by atoms with Crippen molar-refractivity contribution in [2.24, 2.45) is 0 Å². The van der Waals surface area contributed by atoms with Crippen molar-refractivity contribution in [1.82, 2.24) is 15.2 Å². The van der Waals surface area contributed by atoms with E-state index in [0.29, 0.717) is 43.1 Å². The molecule has 16 heteroatoms. The van der Waals surface area contributed by atoms with E-state index in [1.807, 2.05) is 0 Å². The number of alkyl halides is 8. The lowest BCUT2D eigenvalue weighted by atomic mass is 9.80. The van der Waals surface area contributed by atoms with E-state index < -0.39 is 64.2 Å². The number of carbonyl (C=O) groups excluding carboxylic acids is 2. The molecule has 1 aliphatic heterocycles. The van der Waals surface area contributed by atoms with Gasteiger partial charge in [-0.3, -0.25) is 9.59 Å². The van der Waals surface area contributed by atoms with Gasteiger partial charge in [-0.1, -0.05) is 12.1 Å². The van der Waals surface area contributed by atoms with Crippen molar-refractivity contribution in [3.05, 3.63) is 40.0 Å². The maximum Gasteiger partial charge on any atom is 0.430 e. The lowest BCUT2D eigenvalue weighted by Crippen LogP contribution is -2.54. The summed E-state index contributed by atoms with van der Waals surface area (Å²) in [5, 5.41) is 22.0. The van der Waals surface area contributed by atoms with Gasteiger partial charge in [0.25, 0.3) is 23.8 Å². The van der Waals surface area contributed by atoms with Crippen LogP contribution in [-0.4, -0.2) is 69.0 Å². The van der Waals surface area contributed by atoms with E-state index in [0.717, 1.165) is 6.42 Å². The van der Waals surface area contributed by atoms with Crippen LogP contribution in [0, 0.1) is 0 Å². The van der Waals surface area contributed by atoms with Crippen molar-refractivity contribution in [3.8, 4) is 10.4 Å². The highest BCUT2D eigenvalue weighted by Crippen LogP contribution is 2.51. The Bertz CT molecular complexity index is 1310. The number of nitrogens with one attached hydrogen (secondary N) is 1. The summed E-state index contributed by atoms with van der Waals surface area (Å²) in [5.41, 5.74) is -10.9. The number of rotatable bonds is 7. The lowest BCUT2D eigenvalue weighted by molar-refractivity contribution is -0.376. The number of hydrogen-bond acceptors (Lipinski definition) is 6. The minimum absolute atomic E-state index is 0.112. The van der Waals surface area contributed by atoms with Crippen molar-refractivity contribution in [2.75, 3.05) is 13.1 Å². The van der Waals surface area contributed by atoms with E-state index in [4.69, 9.17) is 0 Å². The highest BCUT2D eigenvalue weighted by Gasteiger charge is 2.71. The Labute approximate surface area is 232 Å². The largest absolute Gasteiger partial charge is 0.430 e. The van der Waals surface area contributed by atoms with Crippen LogP contribution in [-0.2, 0) is 5.60 Å². The van der Waals surface area contributed by atoms with Gasteiger partial charge in [0.05, 0.1) is 10.5 Å². The summed E-state index contributed by atoms with van der Waals surface area (Å²) in [6, 6.07) is 0.308. The molecule has 0 spiro atoms. The number of benzene rings is 1. The number of halogens is 8. The smallest absolute Gasteiger partial charge is 0.388 e. The second kappa shape index (κ2) is 10.8. The van der Waals surface area contributed by atoms with Crippen LogP contribution in [0.1, 0.15) is 76.9 Å². The second-order valence-electron chi connectivity index (χ2n) is 10.3. The number of likely N-dealkylation sites (tertiary alicyclic amines) is 1. The summed E-state index contributed by atoms with van der Waals surface area (Å²) in [7, 11) is 0. The number of amides is 2. The quantitative estimate of drug-likeness (QED) is 0.366. The lowest BCUT2D eigenvalue weighted by Gasteiger charge is -2.36. The first kappa shape index (κ1) is 31.1. The molecule has 0 radical (unpaired) electrons. The third-order valence-corrected chi connectivity index (χ3v) is 8.56. The van der Waals surface area contributed by atoms with Gasteiger partial charge in [0.1, 0.15) is 5.69 Å². The molecule has 2 amide bonds. The van der Waals surface area contributed by atoms with Gasteiger partial charge in [-0.15, -0.1) is 11.3 Å². The Balaban J connectivity index is 1.83. The molecule has 1 saturated heterocycles. The molecule has 7 nitrogen and oxygen atoms in total. The molecule has 1 saturated carbocycles. The molecule has 1 aliphatic carbocycles. The van der Waals surface area contributed by atoms with Crippen LogP contribution in [0.2, 0.25) is 0 Å². The van der Waals surface area contributed by atoms with E-state index in [9.17, 15) is 54.9 Å². The summed E-state index contributed by atoms with van der Waals surface area (Å²) in [6.45, 7) is 1.84. The molecule has 4 rings (SSSR count). The van der Waals surface area contributed by atoms with Gasteiger partial charge in [0.2, 0.25) is 0 Å². The number of aliphatic hydroxyl groups is 2. The van der Waals surface area contributed by atoms with Crippen LogP contribution in [0.25, 0.3) is 10.4 Å². The number of thiazole rings is 1. The summed E-state index contributed by atoms with van der Waals surface area (Å²) in [4.78, 5) is 31.3. The van der Waals surface area contributed by atoms with Crippen LogP contribution in [0.4, 0.5) is 35.1 Å². The molecule has 1 aromatic carbocycles. The van der Waals surface area contributed by atoms with Crippen molar-refractivity contribution in [3.63, 3.8) is 0 Å². The van der Waals surface area contributed by atoms with Gasteiger partial charge in [-0.05, 0) is 45.1 Å². The molecule has 1 unspecified atom stereocenters. The molecular weight excluding hydrogens is 590 g/mol. The van der Waals surface area contributed by atoms with E-state index in [1.165, 1.54) is 4.90 Å². The Kier molecular flexibility index (Phi) is 8.17. The molecule has 226 valence electrons. The van der Waals surface area contributed by atoms with Gasteiger partial charge in [0, 0.05) is 35.8 Å². The average Bonchev–Trinajstić information content (AvgIpc) is 3.50. The molecule has 2 heterocycles. The molecule has 0 bridgehead atoms. The van der Waals surface area contributed by atoms with Crippen molar-refractivity contribution in [2.45, 2.75) is 75.0 Å². The standard InChI is InChI=1S/C25H25F8N3O4S/c1-12-4-2-9-36(12)21(38)16-17(41-20(35-16)19(37)34-11-22(39)7-3-8-22)14-6-5-13(10-15(14)18(26)27)23(40,24(28,29)30)25(31,32)33/h5-6,10,12,18,39-40H,2-4,7-9,11H2,1H3,(H,34,37). The third-order valence-electron chi connectivity index (χ3n) is 7.47. The first-order chi connectivity index (χ1) is 18.9. The van der Waals surface area contributed by atoms with Gasteiger partial charge >= 0.3 is 12.4 Å². The SMILES string of the molecule is CC1CCCN1C(=O)c1nc(C(=O)NCC2(O)CCC2)sc1-c1ccc(C(O)(C(F)(F)F)C(F)(F)F)cc1C(F)F. The van der Waals surface area contributed by atoms with Crippen LogP contribution in [0.5, 0.6) is 0 Å². The zero-order valence-corrected chi connectivity index (χ0v) is 22.2. The van der Waals surface area contributed by atoms with Crippen LogP contribution >= 0.6 is 11.3 Å². The summed E-state index contributed by atoms with van der Waals surface area (Å²) in [5.74, 6) is -1.62. The maximum absolute atomic E-state index is 14.2.